The predicted octanol–water partition coefficient (Wildman–Crippen LogP) is 2.54. The number of carbonyl (C=O) groups is 2. The molecular weight excluding hydrogens is 449 g/mol. The first-order chi connectivity index (χ1) is 15.7. The number of aliphatic hydroxyl groups is 1. The van der Waals surface area contributed by atoms with Crippen LogP contribution in [0.25, 0.3) is 0 Å². The molecule has 0 aromatic heterocycles. The Morgan fingerprint density at radius 2 is 2.09 bits per heavy atom. The summed E-state index contributed by atoms with van der Waals surface area (Å²) < 4.78 is 18.9. The number of halogens is 2. The standard InChI is InChI=1S/C24H33ClFN3O4/c1-15(16-3-2-10-27-13-16)28-22(32)24-8-6-23(7-9-24,12-20(24)30)29-21(31)14-33-17-4-5-18(25)19(26)11-17/h4-5,11,15-16,20,27,30H,2-3,6-10,12-14H2,1H3,(H,28,32)(H,29,31). The molecule has 4 aliphatic rings. The molecule has 3 unspecified atom stereocenters. The minimum atomic E-state index is -0.816. The molecule has 1 aromatic carbocycles. The van der Waals surface area contributed by atoms with Crippen LogP contribution in [0.1, 0.15) is 51.9 Å². The predicted molar refractivity (Wildman–Crippen MR) is 123 cm³/mol. The molecule has 0 radical (unpaired) electrons. The summed E-state index contributed by atoms with van der Waals surface area (Å²) in [6.45, 7) is 3.70. The number of ether oxygens (including phenoxy) is 1. The largest absolute Gasteiger partial charge is 0.484 e. The van der Waals surface area contributed by atoms with Crippen molar-refractivity contribution in [2.24, 2.45) is 11.3 Å². The third kappa shape index (κ3) is 5.12. The zero-order valence-electron chi connectivity index (χ0n) is 19.0. The van der Waals surface area contributed by atoms with Crippen LogP contribution in [0.15, 0.2) is 18.2 Å². The maximum atomic E-state index is 13.6. The summed E-state index contributed by atoms with van der Waals surface area (Å²) in [5.74, 6) is -0.402. The van der Waals surface area contributed by atoms with Gasteiger partial charge in [0.25, 0.3) is 5.91 Å². The van der Waals surface area contributed by atoms with Crippen molar-refractivity contribution >= 4 is 23.4 Å². The number of benzene rings is 1. The molecule has 3 atom stereocenters. The minimum Gasteiger partial charge on any atom is -0.484 e. The Labute approximate surface area is 198 Å². The maximum Gasteiger partial charge on any atom is 0.258 e. The van der Waals surface area contributed by atoms with Gasteiger partial charge in [-0.15, -0.1) is 0 Å². The second-order valence-corrected chi connectivity index (χ2v) is 10.3. The first-order valence-corrected chi connectivity index (χ1v) is 12.2. The number of nitrogens with one attached hydrogen (secondary N) is 3. The van der Waals surface area contributed by atoms with Crippen molar-refractivity contribution in [1.82, 2.24) is 16.0 Å². The zero-order valence-corrected chi connectivity index (χ0v) is 19.7. The summed E-state index contributed by atoms with van der Waals surface area (Å²) in [4.78, 5) is 25.8. The third-order valence-electron chi connectivity index (χ3n) is 7.84. The molecule has 1 saturated heterocycles. The molecule has 4 fully saturated rings. The maximum absolute atomic E-state index is 13.6. The molecule has 0 spiro atoms. The van der Waals surface area contributed by atoms with Gasteiger partial charge in [-0.1, -0.05) is 11.6 Å². The van der Waals surface area contributed by atoms with E-state index in [9.17, 15) is 19.1 Å². The van der Waals surface area contributed by atoms with Crippen LogP contribution in [-0.4, -0.2) is 54.3 Å². The second-order valence-electron chi connectivity index (χ2n) is 9.94. The van der Waals surface area contributed by atoms with Gasteiger partial charge >= 0.3 is 0 Å². The lowest BCUT2D eigenvalue weighted by atomic mass is 9.55. The lowest BCUT2D eigenvalue weighted by Gasteiger charge is -2.55. The summed E-state index contributed by atoms with van der Waals surface area (Å²) >= 11 is 5.66. The zero-order chi connectivity index (χ0) is 23.6. The Morgan fingerprint density at radius 1 is 1.33 bits per heavy atom. The van der Waals surface area contributed by atoms with Crippen LogP contribution >= 0.6 is 11.6 Å². The molecule has 3 aliphatic carbocycles. The van der Waals surface area contributed by atoms with Crippen molar-refractivity contribution in [2.75, 3.05) is 19.7 Å². The van der Waals surface area contributed by atoms with Gasteiger partial charge in [0, 0.05) is 17.6 Å². The Bertz CT molecular complexity index is 884. The van der Waals surface area contributed by atoms with Gasteiger partial charge in [0.1, 0.15) is 11.6 Å². The smallest absolute Gasteiger partial charge is 0.258 e. The van der Waals surface area contributed by atoms with E-state index in [1.807, 2.05) is 6.92 Å². The van der Waals surface area contributed by atoms with Gasteiger partial charge in [0.15, 0.2) is 6.61 Å². The van der Waals surface area contributed by atoms with E-state index in [0.717, 1.165) is 32.0 Å². The van der Waals surface area contributed by atoms with Crippen LogP contribution in [0.3, 0.4) is 0 Å². The molecule has 7 nitrogen and oxygen atoms in total. The third-order valence-corrected chi connectivity index (χ3v) is 8.15. The lowest BCUT2D eigenvalue weighted by molar-refractivity contribution is -0.157. The Morgan fingerprint density at radius 3 is 2.73 bits per heavy atom. The number of hydrogen-bond donors (Lipinski definition) is 4. The molecule has 182 valence electrons. The molecule has 1 aliphatic heterocycles. The van der Waals surface area contributed by atoms with E-state index in [1.54, 1.807) is 0 Å². The number of amides is 2. The average Bonchev–Trinajstić information content (AvgIpc) is 2.81. The molecule has 3 saturated carbocycles. The first kappa shape index (κ1) is 24.2. The number of fused-ring (bicyclic) bond motifs is 3. The van der Waals surface area contributed by atoms with Gasteiger partial charge < -0.3 is 25.8 Å². The van der Waals surface area contributed by atoms with Crippen LogP contribution in [0.5, 0.6) is 5.75 Å². The van der Waals surface area contributed by atoms with Crippen LogP contribution in [0, 0.1) is 17.2 Å². The summed E-state index contributed by atoms with van der Waals surface area (Å²) in [6, 6.07) is 4.06. The van der Waals surface area contributed by atoms with Gasteiger partial charge in [-0.05, 0) is 83.0 Å². The van der Waals surface area contributed by atoms with E-state index >= 15 is 0 Å². The number of carbonyl (C=O) groups excluding carboxylic acids is 2. The van der Waals surface area contributed by atoms with E-state index in [0.29, 0.717) is 38.0 Å². The highest BCUT2D eigenvalue weighted by Crippen LogP contribution is 2.52. The molecular formula is C24H33ClFN3O4. The molecule has 1 heterocycles. The number of piperidine rings is 1. The van der Waals surface area contributed by atoms with Crippen molar-refractivity contribution in [1.29, 1.82) is 0 Å². The fourth-order valence-corrected chi connectivity index (χ4v) is 5.77. The Hall–Kier alpha value is -1.90. The fourth-order valence-electron chi connectivity index (χ4n) is 5.65. The van der Waals surface area contributed by atoms with E-state index in [1.165, 1.54) is 12.1 Å². The number of aliphatic hydroxyl groups excluding tert-OH is 1. The fraction of sp³-hybridized carbons (Fsp3) is 0.667. The van der Waals surface area contributed by atoms with E-state index in [4.69, 9.17) is 16.3 Å². The first-order valence-electron chi connectivity index (χ1n) is 11.8. The van der Waals surface area contributed by atoms with E-state index < -0.39 is 22.9 Å². The molecule has 2 amide bonds. The molecule has 1 aromatic rings. The van der Waals surface area contributed by atoms with Crippen molar-refractivity contribution in [2.45, 2.75) is 69.6 Å². The number of rotatable bonds is 7. The van der Waals surface area contributed by atoms with Gasteiger partial charge in [-0.25, -0.2) is 4.39 Å². The highest BCUT2D eigenvalue weighted by Gasteiger charge is 2.58. The Kier molecular flexibility index (Phi) is 7.17. The van der Waals surface area contributed by atoms with Crippen molar-refractivity contribution in [3.05, 3.63) is 29.0 Å². The normalized spacial score (nSPS) is 32.1. The van der Waals surface area contributed by atoms with Gasteiger partial charge in [0.2, 0.25) is 5.91 Å². The summed E-state index contributed by atoms with van der Waals surface area (Å²) in [7, 11) is 0. The highest BCUT2D eigenvalue weighted by molar-refractivity contribution is 6.30. The molecule has 33 heavy (non-hydrogen) atoms. The summed E-state index contributed by atoms with van der Waals surface area (Å²) in [6.07, 6.45) is 4.01. The molecule has 5 rings (SSSR count). The van der Waals surface area contributed by atoms with Crippen LogP contribution in [-0.2, 0) is 9.59 Å². The van der Waals surface area contributed by atoms with Crippen LogP contribution < -0.4 is 20.7 Å². The summed E-state index contributed by atoms with van der Waals surface area (Å²) in [5, 5.41) is 20.5. The minimum absolute atomic E-state index is 0.0126. The second kappa shape index (κ2) is 9.76. The number of hydrogen-bond acceptors (Lipinski definition) is 5. The van der Waals surface area contributed by atoms with Crippen molar-refractivity contribution in [3.63, 3.8) is 0 Å². The highest BCUT2D eigenvalue weighted by atomic mass is 35.5. The summed E-state index contributed by atoms with van der Waals surface area (Å²) in [5.41, 5.74) is -1.34. The topological polar surface area (TPSA) is 99.7 Å². The SMILES string of the molecule is CC(NC(=O)C12CCC(NC(=O)COc3ccc(Cl)c(F)c3)(CC1)CC2O)C1CCCNC1. The van der Waals surface area contributed by atoms with Crippen LogP contribution in [0.2, 0.25) is 5.02 Å². The lowest BCUT2D eigenvalue weighted by Crippen LogP contribution is -2.66. The Balaban J connectivity index is 1.31. The van der Waals surface area contributed by atoms with Crippen molar-refractivity contribution < 1.29 is 23.8 Å². The average molecular weight is 482 g/mol. The molecule has 9 heteroatoms. The molecule has 2 bridgehead atoms. The van der Waals surface area contributed by atoms with Gasteiger partial charge in [-0.3, -0.25) is 9.59 Å². The van der Waals surface area contributed by atoms with E-state index in [2.05, 4.69) is 16.0 Å². The molecule has 4 N–H and O–H groups in total. The van der Waals surface area contributed by atoms with Gasteiger partial charge in [0.05, 0.1) is 16.5 Å². The van der Waals surface area contributed by atoms with Crippen molar-refractivity contribution in [3.8, 4) is 5.75 Å². The van der Waals surface area contributed by atoms with E-state index in [-0.39, 0.29) is 35.2 Å². The monoisotopic (exact) mass is 481 g/mol. The van der Waals surface area contributed by atoms with Gasteiger partial charge in [-0.2, -0.15) is 0 Å². The van der Waals surface area contributed by atoms with Crippen LogP contribution in [0.4, 0.5) is 4.39 Å². The quantitative estimate of drug-likeness (QED) is 0.479.